The highest BCUT2D eigenvalue weighted by Crippen LogP contribution is 2.23. The summed E-state index contributed by atoms with van der Waals surface area (Å²) in [5, 5.41) is 1.71. The number of alkyl halides is 3. The number of nitrogens with zero attached hydrogens (tertiary/aromatic N) is 1. The maximum absolute atomic E-state index is 12.0. The van der Waals surface area contributed by atoms with Crippen LogP contribution in [0.25, 0.3) is 0 Å². The Morgan fingerprint density at radius 2 is 2.19 bits per heavy atom. The normalized spacial score (nSPS) is 12.1. The SMILES string of the molecule is CN(CC(=O)c1sccc1Br)CC(F)(F)F. The van der Waals surface area contributed by atoms with E-state index in [4.69, 9.17) is 0 Å². The maximum atomic E-state index is 12.0. The zero-order valence-corrected chi connectivity index (χ0v) is 10.7. The first-order chi connectivity index (χ1) is 7.29. The van der Waals surface area contributed by atoms with Crippen LogP contribution in [-0.4, -0.2) is 37.0 Å². The Kier molecular flexibility index (Phi) is 4.52. The third-order valence-electron chi connectivity index (χ3n) is 1.73. The van der Waals surface area contributed by atoms with Crippen molar-refractivity contribution in [2.24, 2.45) is 0 Å². The lowest BCUT2D eigenvalue weighted by Gasteiger charge is -2.17. The van der Waals surface area contributed by atoms with E-state index in [1.54, 1.807) is 11.4 Å². The number of hydrogen-bond donors (Lipinski definition) is 0. The molecule has 1 aromatic rings. The second-order valence-corrected chi connectivity index (χ2v) is 5.08. The third kappa shape index (κ3) is 4.23. The molecule has 1 heterocycles. The molecule has 0 aliphatic heterocycles. The molecule has 1 rings (SSSR count). The van der Waals surface area contributed by atoms with E-state index >= 15 is 0 Å². The number of carbonyl (C=O) groups excluding carboxylic acids is 1. The van der Waals surface area contributed by atoms with Crippen molar-refractivity contribution in [2.45, 2.75) is 6.18 Å². The predicted molar refractivity (Wildman–Crippen MR) is 59.9 cm³/mol. The predicted octanol–water partition coefficient (Wildman–Crippen LogP) is 3.19. The van der Waals surface area contributed by atoms with E-state index in [0.29, 0.717) is 9.35 Å². The molecule has 2 nitrogen and oxygen atoms in total. The molecule has 0 fully saturated rings. The zero-order chi connectivity index (χ0) is 12.3. The Labute approximate surface area is 103 Å². The van der Waals surface area contributed by atoms with Gasteiger partial charge < -0.3 is 0 Å². The smallest absolute Gasteiger partial charge is 0.292 e. The van der Waals surface area contributed by atoms with Crippen LogP contribution in [0.4, 0.5) is 13.2 Å². The minimum absolute atomic E-state index is 0.237. The Hall–Kier alpha value is -0.400. The third-order valence-corrected chi connectivity index (χ3v) is 3.61. The van der Waals surface area contributed by atoms with E-state index in [-0.39, 0.29) is 12.3 Å². The highest BCUT2D eigenvalue weighted by atomic mass is 79.9. The largest absolute Gasteiger partial charge is 0.401 e. The highest BCUT2D eigenvalue weighted by molar-refractivity contribution is 9.10. The van der Waals surface area contributed by atoms with Gasteiger partial charge in [-0.3, -0.25) is 9.69 Å². The van der Waals surface area contributed by atoms with E-state index in [9.17, 15) is 18.0 Å². The van der Waals surface area contributed by atoms with Crippen molar-refractivity contribution in [1.82, 2.24) is 4.90 Å². The molecule has 90 valence electrons. The Balaban J connectivity index is 2.56. The topological polar surface area (TPSA) is 20.3 Å². The van der Waals surface area contributed by atoms with Crippen LogP contribution >= 0.6 is 27.3 Å². The van der Waals surface area contributed by atoms with Crippen LogP contribution in [0.3, 0.4) is 0 Å². The Morgan fingerprint density at radius 3 is 2.62 bits per heavy atom. The van der Waals surface area contributed by atoms with Crippen LogP contribution in [-0.2, 0) is 0 Å². The van der Waals surface area contributed by atoms with Crippen LogP contribution < -0.4 is 0 Å². The second-order valence-electron chi connectivity index (χ2n) is 3.31. The van der Waals surface area contributed by atoms with Gasteiger partial charge in [-0.05, 0) is 34.4 Å². The van der Waals surface area contributed by atoms with E-state index in [1.165, 1.54) is 18.4 Å². The number of likely N-dealkylation sites (N-methyl/N-ethyl adjacent to an activating group) is 1. The zero-order valence-electron chi connectivity index (χ0n) is 8.34. The first-order valence-electron chi connectivity index (χ1n) is 4.31. The van der Waals surface area contributed by atoms with Crippen LogP contribution in [0.1, 0.15) is 9.67 Å². The number of Topliss-reactive ketones (excluding diaryl/α,β-unsaturated/α-hetero) is 1. The molecule has 0 saturated carbocycles. The van der Waals surface area contributed by atoms with Crippen molar-refractivity contribution >= 4 is 33.0 Å². The van der Waals surface area contributed by atoms with Crippen LogP contribution in [0, 0.1) is 0 Å². The van der Waals surface area contributed by atoms with Crippen LogP contribution in [0.15, 0.2) is 15.9 Å². The van der Waals surface area contributed by atoms with Crippen molar-refractivity contribution in [3.63, 3.8) is 0 Å². The van der Waals surface area contributed by atoms with Gasteiger partial charge in [-0.1, -0.05) is 0 Å². The number of carbonyl (C=O) groups is 1. The number of halogens is 4. The molecule has 0 unspecified atom stereocenters. The van der Waals surface area contributed by atoms with Crippen molar-refractivity contribution < 1.29 is 18.0 Å². The number of hydrogen-bond acceptors (Lipinski definition) is 3. The first kappa shape index (κ1) is 13.7. The van der Waals surface area contributed by atoms with Crippen LogP contribution in [0.5, 0.6) is 0 Å². The second kappa shape index (κ2) is 5.29. The minimum Gasteiger partial charge on any atom is -0.292 e. The lowest BCUT2D eigenvalue weighted by Crippen LogP contribution is -2.34. The van der Waals surface area contributed by atoms with Gasteiger partial charge in [-0.25, -0.2) is 0 Å². The molecule has 0 amide bonds. The van der Waals surface area contributed by atoms with E-state index in [0.717, 1.165) is 4.90 Å². The number of ketones is 1. The van der Waals surface area contributed by atoms with E-state index in [1.807, 2.05) is 0 Å². The summed E-state index contributed by atoms with van der Waals surface area (Å²) in [7, 11) is 1.27. The lowest BCUT2D eigenvalue weighted by atomic mass is 10.3. The molecule has 0 atom stereocenters. The highest BCUT2D eigenvalue weighted by Gasteiger charge is 2.30. The number of rotatable bonds is 4. The van der Waals surface area contributed by atoms with Gasteiger partial charge in [-0.2, -0.15) is 13.2 Å². The molecule has 0 aromatic carbocycles. The number of thiophene rings is 1. The summed E-state index contributed by atoms with van der Waals surface area (Å²) in [5.74, 6) is -0.311. The van der Waals surface area contributed by atoms with Crippen molar-refractivity contribution in [3.05, 3.63) is 20.8 Å². The monoisotopic (exact) mass is 315 g/mol. The molecule has 0 aliphatic carbocycles. The lowest BCUT2D eigenvalue weighted by molar-refractivity contribution is -0.141. The van der Waals surface area contributed by atoms with Crippen LogP contribution in [0.2, 0.25) is 0 Å². The van der Waals surface area contributed by atoms with Crippen molar-refractivity contribution in [3.8, 4) is 0 Å². The molecule has 0 saturated heterocycles. The van der Waals surface area contributed by atoms with E-state index in [2.05, 4.69) is 15.9 Å². The Morgan fingerprint density at radius 1 is 1.56 bits per heavy atom. The van der Waals surface area contributed by atoms with Gasteiger partial charge in [0.2, 0.25) is 0 Å². The summed E-state index contributed by atoms with van der Waals surface area (Å²) in [6, 6.07) is 1.70. The summed E-state index contributed by atoms with van der Waals surface area (Å²) in [6.07, 6.45) is -4.28. The standard InChI is InChI=1S/C9H9BrF3NOS/c1-14(5-9(11,12)13)4-7(15)8-6(10)2-3-16-8/h2-3H,4-5H2,1H3. The first-order valence-corrected chi connectivity index (χ1v) is 5.98. The fourth-order valence-electron chi connectivity index (χ4n) is 1.17. The minimum atomic E-state index is -4.28. The molecular formula is C9H9BrF3NOS. The fourth-order valence-corrected chi connectivity index (χ4v) is 2.70. The average molecular weight is 316 g/mol. The molecule has 0 bridgehead atoms. The molecule has 7 heteroatoms. The molecule has 0 radical (unpaired) electrons. The van der Waals surface area contributed by atoms with Gasteiger partial charge >= 0.3 is 6.18 Å². The van der Waals surface area contributed by atoms with Gasteiger partial charge in [0, 0.05) is 4.47 Å². The van der Waals surface area contributed by atoms with Gasteiger partial charge in [0.05, 0.1) is 18.0 Å². The molecule has 0 spiro atoms. The quantitative estimate of drug-likeness (QED) is 0.795. The summed E-state index contributed by atoms with van der Waals surface area (Å²) in [5.41, 5.74) is 0. The maximum Gasteiger partial charge on any atom is 0.401 e. The van der Waals surface area contributed by atoms with Gasteiger partial charge in [-0.15, -0.1) is 11.3 Å². The molecular weight excluding hydrogens is 307 g/mol. The van der Waals surface area contributed by atoms with Gasteiger partial charge in [0.25, 0.3) is 0 Å². The molecule has 1 aromatic heterocycles. The molecule has 16 heavy (non-hydrogen) atoms. The average Bonchev–Trinajstić information content (AvgIpc) is 2.47. The van der Waals surface area contributed by atoms with E-state index < -0.39 is 12.7 Å². The van der Waals surface area contributed by atoms with Crippen molar-refractivity contribution in [1.29, 1.82) is 0 Å². The summed E-state index contributed by atoms with van der Waals surface area (Å²) in [4.78, 5) is 13.0. The Bertz CT molecular complexity index is 377. The summed E-state index contributed by atoms with van der Waals surface area (Å²) < 4.78 is 36.7. The molecule has 0 aliphatic rings. The summed E-state index contributed by atoms with van der Waals surface area (Å²) in [6.45, 7) is -1.32. The van der Waals surface area contributed by atoms with Crippen molar-refractivity contribution in [2.75, 3.05) is 20.1 Å². The van der Waals surface area contributed by atoms with Gasteiger partial charge in [0.15, 0.2) is 5.78 Å². The molecule has 0 N–H and O–H groups in total. The summed E-state index contributed by atoms with van der Waals surface area (Å²) >= 11 is 4.38. The fraction of sp³-hybridized carbons (Fsp3) is 0.444. The van der Waals surface area contributed by atoms with Gasteiger partial charge in [0.1, 0.15) is 0 Å².